The van der Waals surface area contributed by atoms with Crippen LogP contribution in [0, 0.1) is 11.8 Å². The van der Waals surface area contributed by atoms with Crippen LogP contribution in [0.1, 0.15) is 117 Å². The van der Waals surface area contributed by atoms with E-state index < -0.39 is 73.8 Å². The minimum atomic E-state index is -4.00. The van der Waals surface area contributed by atoms with Gasteiger partial charge in [-0.1, -0.05) is 45.8 Å². The number of fused-ring (bicyclic) bond motifs is 5. The summed E-state index contributed by atoms with van der Waals surface area (Å²) in [5.41, 5.74) is 0.0153. The molecule has 1 aromatic carbocycles. The topological polar surface area (TPSA) is 192 Å². The third-order valence-electron chi connectivity index (χ3n) is 13.5. The molecule has 1 unspecified atom stereocenters. The zero-order chi connectivity index (χ0) is 43.7. The average Bonchev–Trinajstić information content (AvgIpc) is 4.12. The highest BCUT2D eigenvalue weighted by Gasteiger charge is 2.64. The normalized spacial score (nSPS) is 28.2. The molecule has 0 bridgehead atoms. The van der Waals surface area contributed by atoms with Crippen molar-refractivity contribution in [3.05, 3.63) is 41.6 Å². The average molecular weight is 866 g/mol. The van der Waals surface area contributed by atoms with Crippen LogP contribution in [0.2, 0.25) is 0 Å². The van der Waals surface area contributed by atoms with Gasteiger partial charge in [0.05, 0.1) is 29.1 Å². The highest BCUT2D eigenvalue weighted by molar-refractivity contribution is 7.91. The SMILES string of the molecule is CCc1nc2ccc(OCCCOC)cc2c2c1O[C@]1(CC2)C[C@H]2C(=O)N[C@]3(C(=O)NS(=O)(=O)C4(C)CC4)C[C@H]3/C=C\CCCCC[C@H](NC(=O)OC(C)C(C)C)C(=O)N2C1. The number of benzene rings is 1. The van der Waals surface area contributed by atoms with Crippen LogP contribution in [0.4, 0.5) is 4.79 Å². The van der Waals surface area contributed by atoms with Crippen LogP contribution in [-0.2, 0) is 46.7 Å². The number of alkyl carbamates (subject to hydrolysis) is 1. The third-order valence-corrected chi connectivity index (χ3v) is 15.6. The van der Waals surface area contributed by atoms with Gasteiger partial charge in [-0.3, -0.25) is 19.1 Å². The first-order valence-electron chi connectivity index (χ1n) is 22.1. The Bertz CT molecular complexity index is 2160. The molecule has 4 heterocycles. The van der Waals surface area contributed by atoms with Gasteiger partial charge in [0.15, 0.2) is 0 Å². The lowest BCUT2D eigenvalue weighted by atomic mass is 9.87. The molecule has 0 radical (unpaired) electrons. The van der Waals surface area contributed by atoms with E-state index in [0.29, 0.717) is 76.1 Å². The van der Waals surface area contributed by atoms with Crippen LogP contribution in [0.25, 0.3) is 10.9 Å². The zero-order valence-corrected chi connectivity index (χ0v) is 37.3. The highest BCUT2D eigenvalue weighted by atomic mass is 32.2. The summed E-state index contributed by atoms with van der Waals surface area (Å²) in [6, 6.07) is 3.73. The molecule has 3 N–H and O–H groups in total. The number of nitrogens with one attached hydrogen (secondary N) is 3. The maximum absolute atomic E-state index is 14.9. The number of pyridine rings is 1. The van der Waals surface area contributed by atoms with E-state index in [1.54, 1.807) is 21.0 Å². The van der Waals surface area contributed by atoms with E-state index in [1.807, 2.05) is 51.1 Å². The number of rotatable bonds is 12. The number of amides is 4. The summed E-state index contributed by atoms with van der Waals surface area (Å²) in [6.07, 6.45) is 9.52. The van der Waals surface area contributed by atoms with Crippen molar-refractivity contribution in [3.8, 4) is 11.5 Å². The molecular weight excluding hydrogens is 803 g/mol. The quantitative estimate of drug-likeness (QED) is 0.183. The zero-order valence-electron chi connectivity index (χ0n) is 36.5. The van der Waals surface area contributed by atoms with Gasteiger partial charge in [0, 0.05) is 43.4 Å². The fraction of sp³-hybridized carbons (Fsp3) is 0.667. The lowest BCUT2D eigenvalue weighted by Crippen LogP contribution is -2.58. The molecular formula is C45H63N5O10S. The summed E-state index contributed by atoms with van der Waals surface area (Å²) >= 11 is 0. The van der Waals surface area contributed by atoms with E-state index in [1.165, 1.54) is 4.90 Å². The number of sulfonamides is 1. The molecule has 4 amide bonds. The van der Waals surface area contributed by atoms with E-state index in [9.17, 15) is 27.6 Å². The maximum atomic E-state index is 14.9. The Labute approximate surface area is 359 Å². The van der Waals surface area contributed by atoms with Crippen molar-refractivity contribution in [1.82, 2.24) is 25.2 Å². The summed E-state index contributed by atoms with van der Waals surface area (Å²) in [7, 11) is -2.35. The fourth-order valence-corrected chi connectivity index (χ4v) is 10.1. The van der Waals surface area contributed by atoms with Crippen LogP contribution < -0.4 is 24.8 Å². The summed E-state index contributed by atoms with van der Waals surface area (Å²) in [5, 5.41) is 6.71. The second-order valence-electron chi connectivity index (χ2n) is 18.3. The molecule has 16 heteroatoms. The van der Waals surface area contributed by atoms with Crippen molar-refractivity contribution in [2.75, 3.05) is 26.9 Å². The van der Waals surface area contributed by atoms with Crippen molar-refractivity contribution in [2.24, 2.45) is 11.8 Å². The summed E-state index contributed by atoms with van der Waals surface area (Å²) < 4.78 is 51.8. The Morgan fingerprint density at radius 3 is 2.59 bits per heavy atom. The minimum absolute atomic E-state index is 0.0398. The highest BCUT2D eigenvalue weighted by Crippen LogP contribution is 2.49. The predicted molar refractivity (Wildman–Crippen MR) is 229 cm³/mol. The van der Waals surface area contributed by atoms with Crippen LogP contribution in [0.3, 0.4) is 0 Å². The summed E-state index contributed by atoms with van der Waals surface area (Å²) in [4.78, 5) is 63.6. The largest absolute Gasteiger partial charge is 0.493 e. The molecule has 6 atom stereocenters. The number of nitrogens with zero attached hydrogens (tertiary/aromatic N) is 2. The number of ether oxygens (including phenoxy) is 4. The fourth-order valence-electron chi connectivity index (χ4n) is 8.78. The molecule has 1 spiro atoms. The van der Waals surface area contributed by atoms with Crippen LogP contribution in [-0.4, -0.2) is 103 Å². The number of allylic oxidation sites excluding steroid dienone is 1. The van der Waals surface area contributed by atoms with Gasteiger partial charge in [-0.15, -0.1) is 0 Å². The minimum Gasteiger partial charge on any atom is -0.493 e. The van der Waals surface area contributed by atoms with E-state index in [2.05, 4.69) is 15.4 Å². The number of aryl methyl sites for hydroxylation is 2. The van der Waals surface area contributed by atoms with Gasteiger partial charge >= 0.3 is 6.09 Å². The molecule has 2 aliphatic carbocycles. The molecule has 2 saturated carbocycles. The second kappa shape index (κ2) is 17.7. The smallest absolute Gasteiger partial charge is 0.408 e. The van der Waals surface area contributed by atoms with E-state index >= 15 is 0 Å². The molecule has 3 fully saturated rings. The van der Waals surface area contributed by atoms with Gasteiger partial charge in [-0.05, 0) is 95.8 Å². The van der Waals surface area contributed by atoms with Gasteiger partial charge < -0.3 is 34.5 Å². The lowest BCUT2D eigenvalue weighted by Gasteiger charge is -2.37. The van der Waals surface area contributed by atoms with Gasteiger partial charge in [0.1, 0.15) is 40.8 Å². The number of carbonyl (C=O) groups excluding carboxylic acids is 4. The molecule has 15 nitrogen and oxygen atoms in total. The standard InChI is InChI=1S/C45H63N5O10S/c1-7-34-38-32(33-24-31(16-17-35(33)46-34)58-23-13-22-57-6)18-19-44(60-38)26-37-39(51)48-45(41(53)49-61(55,56)43(5)20-21-43)25-30(45)14-11-9-8-10-12-15-36(40(52)50(37)27-44)47-42(54)59-29(4)28(2)3/h11,14,16-17,24,28-30,36-37H,7-10,12-13,15,18-23,25-27H2,1-6H3,(H,47,54)(H,48,51)(H,49,53)/b14-11-/t29?,30-,36+,37+,44-,45-/m1/s1. The van der Waals surface area contributed by atoms with Gasteiger partial charge in [-0.2, -0.15) is 0 Å². The Hall–Kier alpha value is -4.44. The first-order valence-corrected chi connectivity index (χ1v) is 23.6. The monoisotopic (exact) mass is 865 g/mol. The van der Waals surface area contributed by atoms with Gasteiger partial charge in [-0.25, -0.2) is 18.2 Å². The van der Waals surface area contributed by atoms with Crippen molar-refractivity contribution in [3.63, 3.8) is 0 Å². The van der Waals surface area contributed by atoms with Crippen molar-refractivity contribution >= 4 is 44.7 Å². The molecule has 1 aromatic heterocycles. The Morgan fingerprint density at radius 1 is 1.08 bits per heavy atom. The van der Waals surface area contributed by atoms with Gasteiger partial charge in [0.25, 0.3) is 5.91 Å². The first kappa shape index (κ1) is 44.6. The lowest BCUT2D eigenvalue weighted by molar-refractivity contribution is -0.141. The van der Waals surface area contributed by atoms with E-state index in [4.69, 9.17) is 23.9 Å². The second-order valence-corrected chi connectivity index (χ2v) is 20.5. The van der Waals surface area contributed by atoms with E-state index in [0.717, 1.165) is 41.4 Å². The summed E-state index contributed by atoms with van der Waals surface area (Å²) in [5.74, 6) is -0.881. The Kier molecular flexibility index (Phi) is 13.0. The number of carbonyl (C=O) groups is 4. The molecule has 2 aromatic rings. The van der Waals surface area contributed by atoms with Crippen molar-refractivity contribution in [1.29, 1.82) is 0 Å². The molecule has 334 valence electrons. The third kappa shape index (κ3) is 9.35. The van der Waals surface area contributed by atoms with Crippen molar-refractivity contribution in [2.45, 2.75) is 152 Å². The number of aromatic nitrogens is 1. The molecule has 7 rings (SSSR count). The number of methoxy groups -OCH3 is 1. The summed E-state index contributed by atoms with van der Waals surface area (Å²) in [6.45, 7) is 10.4. The van der Waals surface area contributed by atoms with Gasteiger partial charge in [0.2, 0.25) is 21.8 Å². The molecule has 3 aliphatic heterocycles. The molecule has 1 saturated heterocycles. The van der Waals surface area contributed by atoms with Crippen LogP contribution >= 0.6 is 0 Å². The number of hydrogen-bond donors (Lipinski definition) is 3. The Balaban J connectivity index is 1.22. The first-order chi connectivity index (χ1) is 29.0. The van der Waals surface area contributed by atoms with Crippen molar-refractivity contribution < 1.29 is 46.5 Å². The van der Waals surface area contributed by atoms with Crippen LogP contribution in [0.5, 0.6) is 11.5 Å². The van der Waals surface area contributed by atoms with Crippen LogP contribution in [0.15, 0.2) is 30.4 Å². The number of hydrogen-bond acceptors (Lipinski definition) is 11. The maximum Gasteiger partial charge on any atom is 0.408 e. The molecule has 61 heavy (non-hydrogen) atoms. The van der Waals surface area contributed by atoms with E-state index in [-0.39, 0.29) is 25.3 Å². The molecule has 5 aliphatic rings. The predicted octanol–water partition coefficient (Wildman–Crippen LogP) is 5.41. The Morgan fingerprint density at radius 2 is 1.87 bits per heavy atom.